The first-order valence-electron chi connectivity index (χ1n) is 4.70. The Bertz CT molecular complexity index is 367. The summed E-state index contributed by atoms with van der Waals surface area (Å²) in [5, 5.41) is 16.9. The van der Waals surface area contributed by atoms with Crippen LogP contribution in [0.3, 0.4) is 0 Å². The van der Waals surface area contributed by atoms with Crippen LogP contribution in [-0.2, 0) is 4.79 Å². The molecule has 0 saturated heterocycles. The summed E-state index contributed by atoms with van der Waals surface area (Å²) in [6, 6.07) is 3.73. The monoisotopic (exact) mass is 223 g/mol. The van der Waals surface area contributed by atoms with Gasteiger partial charge in [-0.25, -0.2) is 0 Å². The first kappa shape index (κ1) is 11.7. The van der Waals surface area contributed by atoms with Crippen LogP contribution in [0.4, 0.5) is 5.00 Å². The van der Waals surface area contributed by atoms with Gasteiger partial charge in [-0.2, -0.15) is 5.26 Å². The Morgan fingerprint density at radius 3 is 3.13 bits per heavy atom. The Morgan fingerprint density at radius 2 is 2.47 bits per heavy atom. The van der Waals surface area contributed by atoms with E-state index >= 15 is 0 Å². The molecule has 0 radical (unpaired) electrons. The molecule has 1 rings (SSSR count). The number of amides is 1. The van der Waals surface area contributed by atoms with Crippen LogP contribution in [0.2, 0.25) is 0 Å². The van der Waals surface area contributed by atoms with Gasteiger partial charge in [0.15, 0.2) is 0 Å². The Balaban J connectivity index is 2.42. The van der Waals surface area contributed by atoms with Gasteiger partial charge in [-0.3, -0.25) is 4.79 Å². The number of carbonyl (C=O) groups is 1. The zero-order chi connectivity index (χ0) is 11.1. The quantitative estimate of drug-likeness (QED) is 0.744. The van der Waals surface area contributed by atoms with Gasteiger partial charge in [0.25, 0.3) is 0 Å². The highest BCUT2D eigenvalue weighted by atomic mass is 32.1. The van der Waals surface area contributed by atoms with Crippen LogP contribution in [0.25, 0.3) is 0 Å². The zero-order valence-corrected chi connectivity index (χ0v) is 9.36. The van der Waals surface area contributed by atoms with Crippen molar-refractivity contribution in [2.45, 2.75) is 12.8 Å². The van der Waals surface area contributed by atoms with E-state index in [2.05, 4.69) is 10.6 Å². The number of nitrogens with zero attached hydrogens (tertiary/aromatic N) is 1. The fraction of sp³-hybridized carbons (Fsp3) is 0.400. The number of rotatable bonds is 5. The average molecular weight is 223 g/mol. The SMILES string of the molecule is CNCCCC(=O)Nc1sccc1C#N. The minimum atomic E-state index is -0.0378. The molecule has 5 heteroatoms. The van der Waals surface area contributed by atoms with E-state index in [4.69, 9.17) is 5.26 Å². The lowest BCUT2D eigenvalue weighted by atomic mass is 10.3. The van der Waals surface area contributed by atoms with Gasteiger partial charge in [-0.15, -0.1) is 11.3 Å². The van der Waals surface area contributed by atoms with Gasteiger partial charge in [0.2, 0.25) is 5.91 Å². The molecule has 0 unspecified atom stereocenters. The summed E-state index contributed by atoms with van der Waals surface area (Å²) in [4.78, 5) is 11.4. The summed E-state index contributed by atoms with van der Waals surface area (Å²) in [6.45, 7) is 0.822. The van der Waals surface area contributed by atoms with Crippen molar-refractivity contribution < 1.29 is 4.79 Å². The second-order valence-corrected chi connectivity index (χ2v) is 3.95. The molecule has 1 heterocycles. The Morgan fingerprint density at radius 1 is 1.67 bits per heavy atom. The third kappa shape index (κ3) is 3.70. The predicted molar refractivity (Wildman–Crippen MR) is 60.8 cm³/mol. The molecule has 1 aromatic heterocycles. The van der Waals surface area contributed by atoms with Gasteiger partial charge in [-0.1, -0.05) is 0 Å². The number of nitriles is 1. The molecule has 1 amide bonds. The molecule has 0 aliphatic carbocycles. The highest BCUT2D eigenvalue weighted by molar-refractivity contribution is 7.14. The lowest BCUT2D eigenvalue weighted by Gasteiger charge is -2.02. The zero-order valence-electron chi connectivity index (χ0n) is 8.54. The van der Waals surface area contributed by atoms with Crippen molar-refractivity contribution in [2.24, 2.45) is 0 Å². The smallest absolute Gasteiger partial charge is 0.225 e. The number of hydrogen-bond donors (Lipinski definition) is 2. The lowest BCUT2D eigenvalue weighted by molar-refractivity contribution is -0.116. The van der Waals surface area contributed by atoms with E-state index in [-0.39, 0.29) is 5.91 Å². The molecule has 0 spiro atoms. The van der Waals surface area contributed by atoms with Crippen molar-refractivity contribution in [3.8, 4) is 6.07 Å². The van der Waals surface area contributed by atoms with Crippen LogP contribution >= 0.6 is 11.3 Å². The second kappa shape index (κ2) is 6.17. The third-order valence-corrected chi connectivity index (χ3v) is 2.70. The highest BCUT2D eigenvalue weighted by Crippen LogP contribution is 2.22. The minimum Gasteiger partial charge on any atom is -0.320 e. The van der Waals surface area contributed by atoms with Gasteiger partial charge < -0.3 is 10.6 Å². The van der Waals surface area contributed by atoms with Crippen LogP contribution in [0.1, 0.15) is 18.4 Å². The molecular weight excluding hydrogens is 210 g/mol. The maximum atomic E-state index is 11.4. The molecule has 4 nitrogen and oxygen atoms in total. The standard InChI is InChI=1S/C10H13N3OS/c1-12-5-2-3-9(14)13-10-8(7-11)4-6-15-10/h4,6,12H,2-3,5H2,1H3,(H,13,14). The molecule has 0 aromatic carbocycles. The molecule has 0 aliphatic heterocycles. The maximum absolute atomic E-state index is 11.4. The van der Waals surface area contributed by atoms with Crippen molar-refractivity contribution in [3.63, 3.8) is 0 Å². The van der Waals surface area contributed by atoms with Gasteiger partial charge in [0.1, 0.15) is 11.1 Å². The van der Waals surface area contributed by atoms with Gasteiger partial charge >= 0.3 is 0 Å². The third-order valence-electron chi connectivity index (χ3n) is 1.87. The van der Waals surface area contributed by atoms with Crippen molar-refractivity contribution >= 4 is 22.2 Å². The van der Waals surface area contributed by atoms with Crippen LogP contribution in [0, 0.1) is 11.3 Å². The second-order valence-electron chi connectivity index (χ2n) is 3.03. The van der Waals surface area contributed by atoms with E-state index in [0.717, 1.165) is 13.0 Å². The molecule has 2 N–H and O–H groups in total. The summed E-state index contributed by atoms with van der Waals surface area (Å²) in [7, 11) is 1.85. The number of nitrogens with one attached hydrogen (secondary N) is 2. The fourth-order valence-electron chi connectivity index (χ4n) is 1.11. The summed E-state index contributed by atoms with van der Waals surface area (Å²) in [5.74, 6) is -0.0378. The molecule has 0 fully saturated rings. The van der Waals surface area contributed by atoms with Gasteiger partial charge in [-0.05, 0) is 31.5 Å². The van der Waals surface area contributed by atoms with Crippen molar-refractivity contribution in [1.29, 1.82) is 5.26 Å². The molecule has 15 heavy (non-hydrogen) atoms. The normalized spacial score (nSPS) is 9.60. The number of anilines is 1. The predicted octanol–water partition coefficient (Wildman–Crippen LogP) is 1.56. The van der Waals surface area contributed by atoms with Crippen LogP contribution < -0.4 is 10.6 Å². The van der Waals surface area contributed by atoms with Crippen molar-refractivity contribution in [3.05, 3.63) is 17.0 Å². The first-order chi connectivity index (χ1) is 7.27. The molecule has 0 atom stereocenters. The Hall–Kier alpha value is -1.38. The van der Waals surface area contributed by atoms with E-state index in [1.807, 2.05) is 13.1 Å². The summed E-state index contributed by atoms with van der Waals surface area (Å²) in [5.41, 5.74) is 0.530. The lowest BCUT2D eigenvalue weighted by Crippen LogP contribution is -2.15. The van der Waals surface area contributed by atoms with E-state index in [0.29, 0.717) is 17.0 Å². The molecule has 0 bridgehead atoms. The van der Waals surface area contributed by atoms with Crippen molar-refractivity contribution in [1.82, 2.24) is 5.32 Å². The van der Waals surface area contributed by atoms with Crippen LogP contribution in [0.5, 0.6) is 0 Å². The highest BCUT2D eigenvalue weighted by Gasteiger charge is 2.07. The molecule has 80 valence electrons. The minimum absolute atomic E-state index is 0.0378. The molecule has 0 saturated carbocycles. The fourth-order valence-corrected chi connectivity index (χ4v) is 1.86. The van der Waals surface area contributed by atoms with E-state index in [9.17, 15) is 4.79 Å². The largest absolute Gasteiger partial charge is 0.320 e. The maximum Gasteiger partial charge on any atom is 0.225 e. The molecule has 0 aliphatic rings. The summed E-state index contributed by atoms with van der Waals surface area (Å²) in [6.07, 6.45) is 1.28. The number of thiophene rings is 1. The van der Waals surface area contributed by atoms with Gasteiger partial charge in [0.05, 0.1) is 5.56 Å². The number of hydrogen-bond acceptors (Lipinski definition) is 4. The van der Waals surface area contributed by atoms with E-state index in [1.54, 1.807) is 11.4 Å². The van der Waals surface area contributed by atoms with E-state index < -0.39 is 0 Å². The van der Waals surface area contributed by atoms with Crippen LogP contribution in [0.15, 0.2) is 11.4 Å². The number of carbonyl (C=O) groups excluding carboxylic acids is 1. The Kier molecular flexibility index (Phi) is 4.81. The molecular formula is C10H13N3OS. The van der Waals surface area contributed by atoms with Gasteiger partial charge in [0, 0.05) is 6.42 Å². The topological polar surface area (TPSA) is 64.9 Å². The van der Waals surface area contributed by atoms with E-state index in [1.165, 1.54) is 11.3 Å². The summed E-state index contributed by atoms with van der Waals surface area (Å²) < 4.78 is 0. The Labute approximate surface area is 92.9 Å². The average Bonchev–Trinajstić information content (AvgIpc) is 2.65. The van der Waals surface area contributed by atoms with Crippen LogP contribution in [-0.4, -0.2) is 19.5 Å². The van der Waals surface area contributed by atoms with Crippen molar-refractivity contribution in [2.75, 3.05) is 18.9 Å². The molecule has 1 aromatic rings. The summed E-state index contributed by atoms with van der Waals surface area (Å²) >= 11 is 1.37. The first-order valence-corrected chi connectivity index (χ1v) is 5.58.